The minimum Gasteiger partial charge on any atom is -0.423 e. The van der Waals surface area contributed by atoms with Crippen LogP contribution in [0.25, 0.3) is 0 Å². The van der Waals surface area contributed by atoms with Crippen LogP contribution in [0.1, 0.15) is 11.4 Å². The first kappa shape index (κ1) is 10.9. The zero-order chi connectivity index (χ0) is 11.5. The van der Waals surface area contributed by atoms with Crippen LogP contribution in [0.15, 0.2) is 36.7 Å². The van der Waals surface area contributed by atoms with Crippen molar-refractivity contribution < 1.29 is 10.0 Å². The molecule has 0 saturated heterocycles. The van der Waals surface area contributed by atoms with E-state index in [0.29, 0.717) is 5.46 Å². The van der Waals surface area contributed by atoms with Crippen LogP contribution in [0.2, 0.25) is 0 Å². The second kappa shape index (κ2) is 4.51. The summed E-state index contributed by atoms with van der Waals surface area (Å²) < 4.78 is 2.03. The Hall–Kier alpha value is -1.59. The van der Waals surface area contributed by atoms with Crippen molar-refractivity contribution in [3.8, 4) is 0 Å². The molecule has 16 heavy (non-hydrogen) atoms. The fraction of sp³-hybridized carbons (Fsp3) is 0.182. The molecule has 0 atom stereocenters. The summed E-state index contributed by atoms with van der Waals surface area (Å²) >= 11 is 0. The van der Waals surface area contributed by atoms with Crippen LogP contribution in [-0.2, 0) is 6.54 Å². The molecule has 1 heterocycles. The minimum atomic E-state index is -1.40. The second-order valence-electron chi connectivity index (χ2n) is 3.72. The quantitative estimate of drug-likeness (QED) is 0.705. The van der Waals surface area contributed by atoms with Crippen molar-refractivity contribution in [2.45, 2.75) is 13.5 Å². The number of benzene rings is 1. The van der Waals surface area contributed by atoms with E-state index in [0.717, 1.165) is 17.9 Å². The first-order valence-corrected chi connectivity index (χ1v) is 5.09. The molecule has 0 fully saturated rings. The topological polar surface area (TPSA) is 58.3 Å². The highest BCUT2D eigenvalue weighted by atomic mass is 16.4. The number of hydrogen-bond donors (Lipinski definition) is 2. The van der Waals surface area contributed by atoms with Crippen molar-refractivity contribution in [2.75, 3.05) is 0 Å². The van der Waals surface area contributed by atoms with Gasteiger partial charge in [0.2, 0.25) is 0 Å². The van der Waals surface area contributed by atoms with Crippen LogP contribution in [-0.4, -0.2) is 26.7 Å². The molecule has 0 radical (unpaired) electrons. The third-order valence-electron chi connectivity index (χ3n) is 2.55. The van der Waals surface area contributed by atoms with Gasteiger partial charge in [-0.2, -0.15) is 0 Å². The van der Waals surface area contributed by atoms with Crippen LogP contribution < -0.4 is 5.46 Å². The lowest BCUT2D eigenvalue weighted by Gasteiger charge is -2.06. The zero-order valence-electron chi connectivity index (χ0n) is 9.04. The lowest BCUT2D eigenvalue weighted by Crippen LogP contribution is -2.29. The van der Waals surface area contributed by atoms with E-state index in [4.69, 9.17) is 10.0 Å². The van der Waals surface area contributed by atoms with Gasteiger partial charge in [-0.25, -0.2) is 4.98 Å². The molecule has 82 valence electrons. The molecule has 1 aromatic carbocycles. The number of aryl methyl sites for hydroxylation is 1. The lowest BCUT2D eigenvalue weighted by molar-refractivity contribution is 0.426. The summed E-state index contributed by atoms with van der Waals surface area (Å²) in [6, 6.07) is 7.20. The Morgan fingerprint density at radius 1 is 1.25 bits per heavy atom. The highest BCUT2D eigenvalue weighted by Crippen LogP contribution is 2.03. The Morgan fingerprint density at radius 3 is 2.44 bits per heavy atom. The van der Waals surface area contributed by atoms with Gasteiger partial charge in [0.25, 0.3) is 0 Å². The molecule has 0 aliphatic heterocycles. The van der Waals surface area contributed by atoms with Gasteiger partial charge >= 0.3 is 7.12 Å². The maximum absolute atomic E-state index is 8.96. The number of rotatable bonds is 3. The third kappa shape index (κ3) is 2.32. The monoisotopic (exact) mass is 216 g/mol. The van der Waals surface area contributed by atoms with E-state index < -0.39 is 7.12 Å². The molecule has 0 aliphatic rings. The molecule has 2 N–H and O–H groups in total. The highest BCUT2D eigenvalue weighted by Gasteiger charge is 2.09. The number of hydrogen-bond acceptors (Lipinski definition) is 3. The van der Waals surface area contributed by atoms with Crippen molar-refractivity contribution in [3.63, 3.8) is 0 Å². The summed E-state index contributed by atoms with van der Waals surface area (Å²) in [4.78, 5) is 4.14. The molecular weight excluding hydrogens is 203 g/mol. The largest absolute Gasteiger partial charge is 0.488 e. The molecule has 0 amide bonds. The van der Waals surface area contributed by atoms with Gasteiger partial charge in [0.1, 0.15) is 5.82 Å². The van der Waals surface area contributed by atoms with Crippen LogP contribution in [0.3, 0.4) is 0 Å². The van der Waals surface area contributed by atoms with Crippen molar-refractivity contribution >= 4 is 12.6 Å². The first-order valence-electron chi connectivity index (χ1n) is 5.09. The first-order chi connectivity index (χ1) is 7.66. The van der Waals surface area contributed by atoms with Gasteiger partial charge in [-0.3, -0.25) is 0 Å². The van der Waals surface area contributed by atoms with Gasteiger partial charge in [0, 0.05) is 18.9 Å². The number of nitrogens with zero attached hydrogens (tertiary/aromatic N) is 2. The Balaban J connectivity index is 2.14. The minimum absolute atomic E-state index is 0.506. The van der Waals surface area contributed by atoms with Gasteiger partial charge in [-0.05, 0) is 17.9 Å². The summed E-state index contributed by atoms with van der Waals surface area (Å²) in [6.07, 6.45) is 3.69. The maximum Gasteiger partial charge on any atom is 0.488 e. The molecule has 1 aromatic heterocycles. The Labute approximate surface area is 94.3 Å². The van der Waals surface area contributed by atoms with E-state index in [9.17, 15) is 0 Å². The summed E-state index contributed by atoms with van der Waals surface area (Å²) in [5.41, 5.74) is 1.61. The number of aromatic nitrogens is 2. The molecule has 0 aliphatic carbocycles. The van der Waals surface area contributed by atoms with E-state index in [2.05, 4.69) is 4.98 Å². The number of imidazole rings is 1. The average Bonchev–Trinajstić information content (AvgIpc) is 2.65. The van der Waals surface area contributed by atoms with Gasteiger partial charge in [0.15, 0.2) is 0 Å². The van der Waals surface area contributed by atoms with Crippen LogP contribution >= 0.6 is 0 Å². The van der Waals surface area contributed by atoms with Crippen molar-refractivity contribution in [1.82, 2.24) is 9.55 Å². The van der Waals surface area contributed by atoms with Crippen molar-refractivity contribution in [3.05, 3.63) is 48.0 Å². The molecule has 5 heteroatoms. The molecule has 2 aromatic rings. The average molecular weight is 216 g/mol. The van der Waals surface area contributed by atoms with Gasteiger partial charge in [-0.1, -0.05) is 24.3 Å². The van der Waals surface area contributed by atoms with Gasteiger partial charge in [0.05, 0.1) is 0 Å². The Kier molecular flexibility index (Phi) is 3.08. The summed E-state index contributed by atoms with van der Waals surface area (Å²) in [5.74, 6) is 0.964. The van der Waals surface area contributed by atoms with E-state index in [1.165, 1.54) is 0 Å². The van der Waals surface area contributed by atoms with E-state index in [-0.39, 0.29) is 0 Å². The Bertz CT molecular complexity index is 465. The predicted molar refractivity (Wildman–Crippen MR) is 62.3 cm³/mol. The molecule has 0 bridgehead atoms. The third-order valence-corrected chi connectivity index (χ3v) is 2.55. The maximum atomic E-state index is 8.96. The molecule has 0 spiro atoms. The summed E-state index contributed by atoms with van der Waals surface area (Å²) in [5, 5.41) is 17.9. The van der Waals surface area contributed by atoms with Crippen molar-refractivity contribution in [2.24, 2.45) is 0 Å². The smallest absolute Gasteiger partial charge is 0.423 e. The van der Waals surface area contributed by atoms with Gasteiger partial charge < -0.3 is 14.6 Å². The highest BCUT2D eigenvalue weighted by molar-refractivity contribution is 6.58. The van der Waals surface area contributed by atoms with E-state index in [1.54, 1.807) is 18.3 Å². The second-order valence-corrected chi connectivity index (χ2v) is 3.72. The standard InChI is InChI=1S/C11H13BN2O2/c1-9-13-6-7-14(9)8-10-2-4-11(5-3-10)12(15)16/h2-7,15-16H,8H2,1H3. The van der Waals surface area contributed by atoms with E-state index in [1.807, 2.05) is 29.8 Å². The SMILES string of the molecule is Cc1nccn1Cc1ccc(B(O)O)cc1. The summed E-state index contributed by atoms with van der Waals surface area (Å²) in [7, 11) is -1.40. The normalized spacial score (nSPS) is 10.4. The zero-order valence-corrected chi connectivity index (χ0v) is 9.04. The predicted octanol–water partition coefficient (Wildman–Crippen LogP) is -0.0804. The molecule has 4 nitrogen and oxygen atoms in total. The molecule has 2 rings (SSSR count). The van der Waals surface area contributed by atoms with Crippen LogP contribution in [0, 0.1) is 6.92 Å². The van der Waals surface area contributed by atoms with Crippen molar-refractivity contribution in [1.29, 1.82) is 0 Å². The molecular formula is C11H13BN2O2. The Morgan fingerprint density at radius 2 is 1.94 bits per heavy atom. The molecule has 0 saturated carbocycles. The van der Waals surface area contributed by atoms with E-state index >= 15 is 0 Å². The van der Waals surface area contributed by atoms with Crippen LogP contribution in [0.5, 0.6) is 0 Å². The summed E-state index contributed by atoms with van der Waals surface area (Å²) in [6.45, 7) is 2.69. The van der Waals surface area contributed by atoms with Crippen LogP contribution in [0.4, 0.5) is 0 Å². The lowest BCUT2D eigenvalue weighted by atomic mass is 9.80. The van der Waals surface area contributed by atoms with Gasteiger partial charge in [-0.15, -0.1) is 0 Å². The fourth-order valence-electron chi connectivity index (χ4n) is 1.56. The fourth-order valence-corrected chi connectivity index (χ4v) is 1.56. The molecule has 0 unspecified atom stereocenters.